The standard InChI is InChI=1S/C23H31NO3/c1-17(2)16-27-22-12-7-18(14-23(22)26-4)15-24-13-5-6-21(24)19-8-10-20(25-3)11-9-19/h7-12,14,17,21H,5-6,13,15-16H2,1-4H3/t21-/m0/s1. The second-order valence-electron chi connectivity index (χ2n) is 7.59. The van der Waals surface area contributed by atoms with Gasteiger partial charge in [-0.1, -0.05) is 32.0 Å². The van der Waals surface area contributed by atoms with Gasteiger partial charge in [0, 0.05) is 12.6 Å². The van der Waals surface area contributed by atoms with Gasteiger partial charge in [-0.25, -0.2) is 0 Å². The zero-order chi connectivity index (χ0) is 19.2. The fraction of sp³-hybridized carbons (Fsp3) is 0.478. The minimum Gasteiger partial charge on any atom is -0.497 e. The molecule has 0 N–H and O–H groups in total. The number of methoxy groups -OCH3 is 2. The first-order valence-corrected chi connectivity index (χ1v) is 9.78. The Morgan fingerprint density at radius 2 is 1.78 bits per heavy atom. The first-order chi connectivity index (χ1) is 13.1. The molecule has 2 aromatic rings. The highest BCUT2D eigenvalue weighted by molar-refractivity contribution is 5.43. The molecule has 0 radical (unpaired) electrons. The third-order valence-electron chi connectivity index (χ3n) is 5.05. The molecule has 3 rings (SSSR count). The highest BCUT2D eigenvalue weighted by Crippen LogP contribution is 2.35. The number of rotatable bonds is 8. The molecule has 0 bridgehead atoms. The van der Waals surface area contributed by atoms with E-state index in [9.17, 15) is 0 Å². The number of hydrogen-bond acceptors (Lipinski definition) is 4. The number of likely N-dealkylation sites (tertiary alicyclic amines) is 1. The molecule has 4 nitrogen and oxygen atoms in total. The molecule has 0 amide bonds. The highest BCUT2D eigenvalue weighted by atomic mass is 16.5. The summed E-state index contributed by atoms with van der Waals surface area (Å²) in [6, 6.07) is 15.2. The van der Waals surface area contributed by atoms with Gasteiger partial charge in [0.05, 0.1) is 20.8 Å². The zero-order valence-electron chi connectivity index (χ0n) is 16.9. The van der Waals surface area contributed by atoms with Crippen molar-refractivity contribution in [3.8, 4) is 17.2 Å². The maximum absolute atomic E-state index is 5.88. The van der Waals surface area contributed by atoms with Gasteiger partial charge in [0.2, 0.25) is 0 Å². The van der Waals surface area contributed by atoms with Crippen LogP contribution in [0.25, 0.3) is 0 Å². The first kappa shape index (κ1) is 19.6. The van der Waals surface area contributed by atoms with Crippen LogP contribution < -0.4 is 14.2 Å². The van der Waals surface area contributed by atoms with E-state index >= 15 is 0 Å². The Morgan fingerprint density at radius 3 is 2.44 bits per heavy atom. The minimum absolute atomic E-state index is 0.457. The van der Waals surface area contributed by atoms with E-state index in [-0.39, 0.29) is 0 Å². The van der Waals surface area contributed by atoms with E-state index in [1.807, 2.05) is 6.07 Å². The molecule has 2 aromatic carbocycles. The van der Waals surface area contributed by atoms with E-state index < -0.39 is 0 Å². The lowest BCUT2D eigenvalue weighted by Gasteiger charge is -2.25. The number of hydrogen-bond donors (Lipinski definition) is 0. The van der Waals surface area contributed by atoms with Crippen LogP contribution in [0, 0.1) is 5.92 Å². The van der Waals surface area contributed by atoms with Gasteiger partial charge in [-0.15, -0.1) is 0 Å². The van der Waals surface area contributed by atoms with Crippen molar-refractivity contribution in [1.82, 2.24) is 4.90 Å². The van der Waals surface area contributed by atoms with Crippen molar-refractivity contribution in [3.63, 3.8) is 0 Å². The van der Waals surface area contributed by atoms with E-state index in [1.165, 1.54) is 24.0 Å². The molecule has 1 aliphatic rings. The average molecular weight is 370 g/mol. The molecule has 27 heavy (non-hydrogen) atoms. The minimum atomic E-state index is 0.457. The summed E-state index contributed by atoms with van der Waals surface area (Å²) in [5.41, 5.74) is 2.61. The van der Waals surface area contributed by atoms with Gasteiger partial charge in [-0.05, 0) is 60.7 Å². The summed E-state index contributed by atoms with van der Waals surface area (Å²) in [4.78, 5) is 2.55. The van der Waals surface area contributed by atoms with Gasteiger partial charge in [0.15, 0.2) is 11.5 Å². The van der Waals surface area contributed by atoms with Crippen LogP contribution in [0.3, 0.4) is 0 Å². The zero-order valence-corrected chi connectivity index (χ0v) is 16.9. The molecule has 0 aliphatic carbocycles. The fourth-order valence-electron chi connectivity index (χ4n) is 3.64. The van der Waals surface area contributed by atoms with Gasteiger partial charge in [0.25, 0.3) is 0 Å². The third kappa shape index (κ3) is 4.95. The molecule has 1 aliphatic heterocycles. The molecule has 0 spiro atoms. The van der Waals surface area contributed by atoms with Crippen molar-refractivity contribution in [1.29, 1.82) is 0 Å². The molecule has 1 fully saturated rings. The van der Waals surface area contributed by atoms with E-state index in [0.717, 1.165) is 30.3 Å². The van der Waals surface area contributed by atoms with Crippen LogP contribution in [0.1, 0.15) is 43.9 Å². The lowest BCUT2D eigenvalue weighted by molar-refractivity contribution is 0.245. The maximum Gasteiger partial charge on any atom is 0.161 e. The largest absolute Gasteiger partial charge is 0.497 e. The van der Waals surface area contributed by atoms with Crippen molar-refractivity contribution < 1.29 is 14.2 Å². The van der Waals surface area contributed by atoms with Gasteiger partial charge in [-0.3, -0.25) is 4.90 Å². The van der Waals surface area contributed by atoms with Crippen molar-refractivity contribution in [2.45, 2.75) is 39.3 Å². The monoisotopic (exact) mass is 369 g/mol. The Balaban J connectivity index is 1.71. The smallest absolute Gasteiger partial charge is 0.161 e. The SMILES string of the molecule is COc1ccc([C@@H]2CCCN2Cc2ccc(OCC(C)C)c(OC)c2)cc1. The molecule has 1 atom stereocenters. The summed E-state index contributed by atoms with van der Waals surface area (Å²) in [6.07, 6.45) is 2.42. The normalized spacial score (nSPS) is 17.3. The summed E-state index contributed by atoms with van der Waals surface area (Å²) in [5.74, 6) is 3.03. The molecule has 4 heteroatoms. The maximum atomic E-state index is 5.88. The summed E-state index contributed by atoms with van der Waals surface area (Å²) in [5, 5.41) is 0. The quantitative estimate of drug-likeness (QED) is 0.650. The van der Waals surface area contributed by atoms with Crippen molar-refractivity contribution >= 4 is 0 Å². The lowest BCUT2D eigenvalue weighted by Crippen LogP contribution is -2.22. The van der Waals surface area contributed by atoms with Crippen LogP contribution in [0.15, 0.2) is 42.5 Å². The van der Waals surface area contributed by atoms with Crippen molar-refractivity contribution in [2.24, 2.45) is 5.92 Å². The van der Waals surface area contributed by atoms with Gasteiger partial charge in [0.1, 0.15) is 5.75 Å². The lowest BCUT2D eigenvalue weighted by atomic mass is 10.0. The molecule has 146 valence electrons. The highest BCUT2D eigenvalue weighted by Gasteiger charge is 2.26. The Labute approximate surface area is 163 Å². The summed E-state index contributed by atoms with van der Waals surface area (Å²) >= 11 is 0. The van der Waals surface area contributed by atoms with Crippen LogP contribution in [0.4, 0.5) is 0 Å². The summed E-state index contributed by atoms with van der Waals surface area (Å²) < 4.78 is 16.7. The van der Waals surface area contributed by atoms with E-state index in [4.69, 9.17) is 14.2 Å². The predicted octanol–water partition coefficient (Wildman–Crippen LogP) is 5.08. The second kappa shape index (κ2) is 9.14. The van der Waals surface area contributed by atoms with Gasteiger partial charge < -0.3 is 14.2 Å². The first-order valence-electron chi connectivity index (χ1n) is 9.78. The van der Waals surface area contributed by atoms with Crippen LogP contribution in [-0.2, 0) is 6.54 Å². The Hall–Kier alpha value is -2.20. The summed E-state index contributed by atoms with van der Waals surface area (Å²) in [6.45, 7) is 7.02. The molecule has 0 unspecified atom stereocenters. The molecular weight excluding hydrogens is 338 g/mol. The third-order valence-corrected chi connectivity index (χ3v) is 5.05. The predicted molar refractivity (Wildman–Crippen MR) is 109 cm³/mol. The molecule has 0 saturated carbocycles. The van der Waals surface area contributed by atoms with Gasteiger partial charge in [-0.2, -0.15) is 0 Å². The van der Waals surface area contributed by atoms with Crippen LogP contribution in [0.2, 0.25) is 0 Å². The second-order valence-corrected chi connectivity index (χ2v) is 7.59. The Bertz CT molecular complexity index is 727. The molecular formula is C23H31NO3. The fourth-order valence-corrected chi connectivity index (χ4v) is 3.64. The average Bonchev–Trinajstić information content (AvgIpc) is 3.14. The van der Waals surface area contributed by atoms with E-state index in [0.29, 0.717) is 18.6 Å². The van der Waals surface area contributed by atoms with E-state index in [1.54, 1.807) is 14.2 Å². The van der Waals surface area contributed by atoms with Crippen molar-refractivity contribution in [3.05, 3.63) is 53.6 Å². The topological polar surface area (TPSA) is 30.9 Å². The van der Waals surface area contributed by atoms with Crippen LogP contribution in [-0.4, -0.2) is 32.3 Å². The van der Waals surface area contributed by atoms with Gasteiger partial charge >= 0.3 is 0 Å². The summed E-state index contributed by atoms with van der Waals surface area (Å²) in [7, 11) is 3.41. The Morgan fingerprint density at radius 1 is 1.00 bits per heavy atom. The van der Waals surface area contributed by atoms with Crippen LogP contribution >= 0.6 is 0 Å². The molecule has 1 heterocycles. The van der Waals surface area contributed by atoms with Crippen LogP contribution in [0.5, 0.6) is 17.2 Å². The van der Waals surface area contributed by atoms with E-state index in [2.05, 4.69) is 55.1 Å². The number of ether oxygens (including phenoxy) is 3. The molecule has 0 aromatic heterocycles. The molecule has 1 saturated heterocycles. The Kier molecular flexibility index (Phi) is 6.62. The number of benzene rings is 2. The van der Waals surface area contributed by atoms with Crippen molar-refractivity contribution in [2.75, 3.05) is 27.4 Å². The number of nitrogens with zero attached hydrogens (tertiary/aromatic N) is 1.